The average Bonchev–Trinajstić information content (AvgIpc) is 3.26. The van der Waals surface area contributed by atoms with Gasteiger partial charge in [0.15, 0.2) is 12.0 Å². The van der Waals surface area contributed by atoms with Gasteiger partial charge in [0.1, 0.15) is 11.9 Å². The molecule has 0 aliphatic carbocycles. The largest absolute Gasteiger partial charge is 0.474 e. The molecule has 0 aromatic carbocycles. The van der Waals surface area contributed by atoms with Crippen LogP contribution >= 0.6 is 0 Å². The Bertz CT molecular complexity index is 1230. The minimum atomic E-state index is -5.76. The van der Waals surface area contributed by atoms with Crippen molar-refractivity contribution in [3.63, 3.8) is 0 Å². The van der Waals surface area contributed by atoms with Gasteiger partial charge in [-0.05, 0) is 48.7 Å². The maximum Gasteiger partial charge on any atom is 0.457 e. The van der Waals surface area contributed by atoms with Crippen LogP contribution in [0.25, 0.3) is 0 Å². The van der Waals surface area contributed by atoms with E-state index in [9.17, 15) is 22.0 Å². The number of likely N-dealkylation sites (tertiary alicyclic amines) is 1. The van der Waals surface area contributed by atoms with E-state index in [4.69, 9.17) is 10.5 Å². The topological polar surface area (TPSA) is 92.4 Å². The van der Waals surface area contributed by atoms with Crippen molar-refractivity contribution in [2.45, 2.75) is 43.8 Å². The Kier molecular flexibility index (Phi) is 6.48. The molecule has 1 atom stereocenters. The molecule has 13 heteroatoms. The minimum absolute atomic E-state index is 0.0256. The number of alkyl halides is 5. The van der Waals surface area contributed by atoms with Gasteiger partial charge in [0.25, 0.3) is 0 Å². The van der Waals surface area contributed by atoms with Crippen LogP contribution in [-0.2, 0) is 6.54 Å². The van der Waals surface area contributed by atoms with Crippen molar-refractivity contribution >= 4 is 23.0 Å². The summed E-state index contributed by atoms with van der Waals surface area (Å²) in [6.07, 6.45) is -2.57. The van der Waals surface area contributed by atoms with Crippen LogP contribution in [0.2, 0.25) is 0 Å². The van der Waals surface area contributed by atoms with Crippen molar-refractivity contribution in [2.75, 3.05) is 29.0 Å². The highest BCUT2D eigenvalue weighted by atomic mass is 19.4. The van der Waals surface area contributed by atoms with Crippen LogP contribution in [0.4, 0.5) is 45.0 Å². The molecule has 2 aliphatic rings. The van der Waals surface area contributed by atoms with Crippen molar-refractivity contribution in [1.29, 1.82) is 0 Å². The van der Waals surface area contributed by atoms with Crippen molar-refractivity contribution in [1.82, 2.24) is 19.9 Å². The van der Waals surface area contributed by atoms with E-state index in [2.05, 4.69) is 25.2 Å². The van der Waals surface area contributed by atoms with Crippen LogP contribution in [0.1, 0.15) is 18.4 Å². The summed E-state index contributed by atoms with van der Waals surface area (Å²) in [5, 5.41) is 2.25. The Morgan fingerprint density at radius 2 is 1.78 bits per heavy atom. The molecular weight excluding hydrogens is 497 g/mol. The number of aromatic nitrogens is 3. The number of nitrogens with two attached hydrogens (primary N) is 1. The SMILES string of the molecule is Nc1cc(CN2CCC(Oc3ccc(N4c5ncccc5NC4C(F)(F)C(F)(F)F)cn3)CC2)ccn1. The van der Waals surface area contributed by atoms with Crippen molar-refractivity contribution in [3.05, 3.63) is 60.6 Å². The maximum atomic E-state index is 14.4. The van der Waals surface area contributed by atoms with Crippen molar-refractivity contribution in [3.8, 4) is 5.88 Å². The van der Waals surface area contributed by atoms with E-state index in [0.29, 0.717) is 5.82 Å². The van der Waals surface area contributed by atoms with Crippen LogP contribution in [0.3, 0.4) is 0 Å². The Morgan fingerprint density at radius 1 is 1.00 bits per heavy atom. The lowest BCUT2D eigenvalue weighted by Gasteiger charge is -2.33. The molecule has 1 unspecified atom stereocenters. The van der Waals surface area contributed by atoms with E-state index in [-0.39, 0.29) is 29.2 Å². The molecular formula is C24H24F5N7O. The first-order chi connectivity index (χ1) is 17.6. The smallest absolute Gasteiger partial charge is 0.457 e. The third-order valence-corrected chi connectivity index (χ3v) is 6.36. The summed E-state index contributed by atoms with van der Waals surface area (Å²) in [7, 11) is 0. The van der Waals surface area contributed by atoms with Gasteiger partial charge in [-0.2, -0.15) is 22.0 Å². The Labute approximate surface area is 209 Å². The highest BCUT2D eigenvalue weighted by molar-refractivity contribution is 5.79. The summed E-state index contributed by atoms with van der Waals surface area (Å²) in [6, 6.07) is 9.46. The molecule has 0 spiro atoms. The first-order valence-corrected chi connectivity index (χ1v) is 11.6. The zero-order valence-electron chi connectivity index (χ0n) is 19.5. The second kappa shape index (κ2) is 9.61. The zero-order chi connectivity index (χ0) is 26.2. The number of ether oxygens (including phenoxy) is 1. The van der Waals surface area contributed by atoms with Gasteiger partial charge in [0, 0.05) is 38.1 Å². The molecule has 37 heavy (non-hydrogen) atoms. The van der Waals surface area contributed by atoms with Crippen LogP contribution in [0.5, 0.6) is 5.88 Å². The summed E-state index contributed by atoms with van der Waals surface area (Å²) in [5.74, 6) is -4.37. The molecule has 0 radical (unpaired) electrons. The molecule has 0 bridgehead atoms. The quantitative estimate of drug-likeness (QED) is 0.456. The molecule has 5 rings (SSSR count). The fourth-order valence-electron chi connectivity index (χ4n) is 4.51. The van der Waals surface area contributed by atoms with Crippen molar-refractivity contribution in [2.24, 2.45) is 0 Å². The number of nitrogens with zero attached hydrogens (tertiary/aromatic N) is 5. The molecule has 8 nitrogen and oxygen atoms in total. The predicted octanol–water partition coefficient (Wildman–Crippen LogP) is 4.58. The fourth-order valence-corrected chi connectivity index (χ4v) is 4.51. The van der Waals surface area contributed by atoms with Gasteiger partial charge in [-0.1, -0.05) is 0 Å². The van der Waals surface area contributed by atoms with Crippen LogP contribution in [-0.4, -0.2) is 57.3 Å². The van der Waals surface area contributed by atoms with Crippen LogP contribution < -0.4 is 20.7 Å². The first-order valence-electron chi connectivity index (χ1n) is 11.6. The van der Waals surface area contributed by atoms with E-state index < -0.39 is 18.3 Å². The molecule has 3 aromatic rings. The summed E-state index contributed by atoms with van der Waals surface area (Å²) in [5.41, 5.74) is 6.91. The second-order valence-corrected chi connectivity index (χ2v) is 8.95. The first kappa shape index (κ1) is 24.9. The maximum absolute atomic E-state index is 14.4. The number of halogens is 5. The lowest BCUT2D eigenvalue weighted by Crippen LogP contribution is -2.55. The molecule has 1 fully saturated rings. The molecule has 3 N–H and O–H groups in total. The standard InChI is InChI=1S/C24H24F5N7O/c25-23(26,24(27,28)29)22-34-18-2-1-8-32-21(18)36(22)16-3-4-20(33-13-16)37-17-6-10-35(11-7-17)14-15-5-9-31-19(30)12-15/h1-5,8-9,12-13,17,22,34H,6-7,10-11,14H2,(H2,30,31). The molecule has 3 aromatic heterocycles. The highest BCUT2D eigenvalue weighted by Gasteiger charge is 2.66. The summed E-state index contributed by atoms with van der Waals surface area (Å²) >= 11 is 0. The van der Waals surface area contributed by atoms with Crippen LogP contribution in [0, 0.1) is 0 Å². The molecule has 0 amide bonds. The summed E-state index contributed by atoms with van der Waals surface area (Å²) in [4.78, 5) is 15.3. The molecule has 5 heterocycles. The second-order valence-electron chi connectivity index (χ2n) is 8.95. The van der Waals surface area contributed by atoms with Gasteiger partial charge in [0.2, 0.25) is 5.88 Å². The monoisotopic (exact) mass is 521 g/mol. The third kappa shape index (κ3) is 5.08. The molecule has 2 aliphatic heterocycles. The van der Waals surface area contributed by atoms with Gasteiger partial charge in [-0.25, -0.2) is 15.0 Å². The molecule has 0 saturated carbocycles. The Morgan fingerprint density at radius 3 is 2.46 bits per heavy atom. The van der Waals surface area contributed by atoms with Gasteiger partial charge in [-0.3, -0.25) is 9.80 Å². The van der Waals surface area contributed by atoms with Gasteiger partial charge in [0.05, 0.1) is 17.6 Å². The predicted molar refractivity (Wildman–Crippen MR) is 127 cm³/mol. The Hall–Kier alpha value is -3.74. The van der Waals surface area contributed by atoms with E-state index in [1.807, 2.05) is 12.1 Å². The molecule has 196 valence electrons. The van der Waals surface area contributed by atoms with E-state index in [0.717, 1.165) is 42.9 Å². The number of hydrogen-bond acceptors (Lipinski definition) is 8. The number of anilines is 4. The number of rotatable bonds is 6. The summed E-state index contributed by atoms with van der Waals surface area (Å²) < 4.78 is 74.4. The van der Waals surface area contributed by atoms with Crippen molar-refractivity contribution < 1.29 is 26.7 Å². The lowest BCUT2D eigenvalue weighted by atomic mass is 10.1. The number of piperidine rings is 1. The molecule has 1 saturated heterocycles. The zero-order valence-corrected chi connectivity index (χ0v) is 19.5. The fraction of sp³-hybridized carbons (Fsp3) is 0.375. The highest BCUT2D eigenvalue weighted by Crippen LogP contribution is 2.48. The minimum Gasteiger partial charge on any atom is -0.474 e. The normalized spacial score (nSPS) is 18.9. The van der Waals surface area contributed by atoms with Crippen LogP contribution in [0.15, 0.2) is 55.0 Å². The third-order valence-electron chi connectivity index (χ3n) is 6.36. The van der Waals surface area contributed by atoms with E-state index in [1.165, 1.54) is 36.7 Å². The lowest BCUT2D eigenvalue weighted by molar-refractivity contribution is -0.286. The summed E-state index contributed by atoms with van der Waals surface area (Å²) in [6.45, 7) is 2.33. The average molecular weight is 521 g/mol. The van der Waals surface area contributed by atoms with E-state index in [1.54, 1.807) is 6.20 Å². The van der Waals surface area contributed by atoms with Gasteiger partial charge >= 0.3 is 12.1 Å². The van der Waals surface area contributed by atoms with E-state index >= 15 is 0 Å². The number of pyridine rings is 3. The Balaban J connectivity index is 1.25. The number of fused-ring (bicyclic) bond motifs is 1. The number of hydrogen-bond donors (Lipinski definition) is 2. The number of nitrogen functional groups attached to an aromatic ring is 1. The number of nitrogens with one attached hydrogen (secondary N) is 1. The van der Waals surface area contributed by atoms with Gasteiger partial charge in [-0.15, -0.1) is 0 Å². The van der Waals surface area contributed by atoms with Gasteiger partial charge < -0.3 is 15.8 Å².